The zero-order valence-corrected chi connectivity index (χ0v) is 32.4. The minimum Gasteiger partial charge on any atom is -0.381 e. The molecule has 0 unspecified atom stereocenters. The van der Waals surface area contributed by atoms with Crippen molar-refractivity contribution in [2.24, 2.45) is 5.41 Å². The summed E-state index contributed by atoms with van der Waals surface area (Å²) < 4.78 is 15.1. The third kappa shape index (κ3) is 8.92. The summed E-state index contributed by atoms with van der Waals surface area (Å²) in [6.07, 6.45) is 9.26. The molecule has 2 fully saturated rings. The molecule has 6 rings (SSSR count). The lowest BCUT2D eigenvalue weighted by Gasteiger charge is -2.27. The summed E-state index contributed by atoms with van der Waals surface area (Å²) in [6, 6.07) is 0.537. The molecule has 0 saturated carbocycles. The maximum atomic E-state index is 13.5. The average Bonchev–Trinajstić information content (AvgIpc) is 3.77. The summed E-state index contributed by atoms with van der Waals surface area (Å²) in [5.41, 5.74) is 6.96. The Hall–Kier alpha value is -4.30. The van der Waals surface area contributed by atoms with Crippen LogP contribution in [0.5, 0.6) is 0 Å². The Kier molecular flexibility index (Phi) is 12.5. The van der Waals surface area contributed by atoms with Crippen LogP contribution in [0.4, 0.5) is 11.4 Å². The van der Waals surface area contributed by atoms with Crippen LogP contribution in [0.2, 0.25) is 0 Å². The Morgan fingerprint density at radius 1 is 0.698 bits per heavy atom. The first kappa shape index (κ1) is 38.4. The van der Waals surface area contributed by atoms with Crippen LogP contribution in [0.1, 0.15) is 103 Å². The van der Waals surface area contributed by atoms with Gasteiger partial charge in [0.2, 0.25) is 11.8 Å². The van der Waals surface area contributed by atoms with Crippen molar-refractivity contribution in [2.45, 2.75) is 131 Å². The van der Waals surface area contributed by atoms with Crippen molar-refractivity contribution < 1.29 is 19.1 Å². The van der Waals surface area contributed by atoms with E-state index in [2.05, 4.69) is 59.2 Å². The summed E-state index contributed by atoms with van der Waals surface area (Å²) in [5, 5.41) is 25.0. The van der Waals surface area contributed by atoms with E-state index in [0.29, 0.717) is 13.1 Å². The second-order valence-corrected chi connectivity index (χ2v) is 15.1. The van der Waals surface area contributed by atoms with Gasteiger partial charge in [-0.25, -0.2) is 19.3 Å². The number of amides is 2. The molecule has 2 aliphatic heterocycles. The van der Waals surface area contributed by atoms with Gasteiger partial charge in [-0.3, -0.25) is 9.59 Å². The third-order valence-electron chi connectivity index (χ3n) is 10.6. The highest BCUT2D eigenvalue weighted by Crippen LogP contribution is 2.33. The molecule has 0 atom stereocenters. The van der Waals surface area contributed by atoms with Crippen molar-refractivity contribution >= 4 is 45.3 Å². The monoisotopic (exact) mass is 730 g/mol. The van der Waals surface area contributed by atoms with Gasteiger partial charge in [-0.05, 0) is 57.8 Å². The normalized spacial score (nSPS) is 16.0. The van der Waals surface area contributed by atoms with E-state index < -0.39 is 5.41 Å². The van der Waals surface area contributed by atoms with Gasteiger partial charge in [0, 0.05) is 100 Å². The molecule has 2 saturated heterocycles. The predicted molar refractivity (Wildman–Crippen MR) is 207 cm³/mol. The molecular weight excluding hydrogens is 672 g/mol. The smallest absolute Gasteiger partial charge is 0.220 e. The van der Waals surface area contributed by atoms with Crippen LogP contribution in [0.3, 0.4) is 0 Å². The Bertz CT molecular complexity index is 1750. The van der Waals surface area contributed by atoms with Gasteiger partial charge >= 0.3 is 0 Å². The van der Waals surface area contributed by atoms with Crippen molar-refractivity contribution in [3.05, 3.63) is 34.9 Å². The molecule has 53 heavy (non-hydrogen) atoms. The van der Waals surface area contributed by atoms with Gasteiger partial charge in [0.25, 0.3) is 0 Å². The van der Waals surface area contributed by atoms with Gasteiger partial charge in [0.1, 0.15) is 0 Å². The fraction of sp³-hybridized carbons (Fsp3) is 0.641. The Labute approximate surface area is 312 Å². The fourth-order valence-electron chi connectivity index (χ4n) is 7.63. The van der Waals surface area contributed by atoms with E-state index in [4.69, 9.17) is 19.4 Å². The van der Waals surface area contributed by atoms with Gasteiger partial charge in [-0.2, -0.15) is 10.2 Å². The number of carbonyl (C=O) groups excluding carboxylic acids is 2. The van der Waals surface area contributed by atoms with Gasteiger partial charge in [0.05, 0.1) is 34.5 Å². The molecule has 2 aliphatic rings. The number of rotatable bonds is 16. The largest absolute Gasteiger partial charge is 0.381 e. The Balaban J connectivity index is 1.13. The average molecular weight is 731 g/mol. The van der Waals surface area contributed by atoms with E-state index in [9.17, 15) is 9.59 Å². The number of hydrogen-bond donors (Lipinski definition) is 4. The zero-order valence-electron chi connectivity index (χ0n) is 32.4. The fourth-order valence-corrected chi connectivity index (χ4v) is 7.63. The van der Waals surface area contributed by atoms with Gasteiger partial charge < -0.3 is 30.7 Å². The van der Waals surface area contributed by atoms with E-state index in [1.54, 1.807) is 0 Å². The zero-order chi connectivity index (χ0) is 37.5. The molecule has 0 aromatic carbocycles. The van der Waals surface area contributed by atoms with Crippen LogP contribution < -0.4 is 21.3 Å². The van der Waals surface area contributed by atoms with E-state index in [1.807, 2.05) is 35.6 Å². The molecule has 0 spiro atoms. The van der Waals surface area contributed by atoms with E-state index >= 15 is 0 Å². The maximum Gasteiger partial charge on any atom is 0.220 e. The standard InChI is InChI=1S/C39H58N10O4/c1-7-31-27(35(44-25-11-15-52-16-12-25)29-23-42-48(9-3)37(29)46-31)21-40-33(50)19-39(5,6)20-34(51)41-22-28-32(8-2)47-38-30(24-43-49(38)10-4)36(28)45-26-13-17-53-18-14-26/h23-26H,7-22H2,1-6H3,(H,40,50)(H,41,51)(H,44,46)(H,45,47). The van der Waals surface area contributed by atoms with Gasteiger partial charge in [-0.15, -0.1) is 0 Å². The predicted octanol–water partition coefficient (Wildman–Crippen LogP) is 5.26. The summed E-state index contributed by atoms with van der Waals surface area (Å²) >= 11 is 0. The minimum atomic E-state index is -0.573. The molecule has 6 heterocycles. The van der Waals surface area contributed by atoms with Crippen molar-refractivity contribution in [3.63, 3.8) is 0 Å². The number of hydrogen-bond acceptors (Lipinski definition) is 10. The molecule has 0 aliphatic carbocycles. The SMILES string of the molecule is CCc1nc2c(cnn2CC)c(NC2CCOCC2)c1CNC(=O)CC(C)(C)CC(=O)NCc1c(CC)nc2c(cnn2CC)c1NC1CCOCC1. The number of anilines is 2. The van der Waals surface area contributed by atoms with E-state index in [-0.39, 0.29) is 36.7 Å². The highest BCUT2D eigenvalue weighted by Gasteiger charge is 2.28. The first-order chi connectivity index (χ1) is 25.6. The lowest BCUT2D eigenvalue weighted by atomic mass is 9.85. The first-order valence-corrected chi connectivity index (χ1v) is 19.6. The highest BCUT2D eigenvalue weighted by molar-refractivity contribution is 5.93. The second-order valence-electron chi connectivity index (χ2n) is 15.1. The Morgan fingerprint density at radius 3 is 1.45 bits per heavy atom. The number of aryl methyl sites for hydroxylation is 4. The number of nitrogens with zero attached hydrogens (tertiary/aromatic N) is 6. The number of carbonyl (C=O) groups is 2. The van der Waals surface area contributed by atoms with Crippen molar-refractivity contribution in [1.29, 1.82) is 0 Å². The molecule has 4 N–H and O–H groups in total. The summed E-state index contributed by atoms with van der Waals surface area (Å²) in [4.78, 5) is 37.1. The van der Waals surface area contributed by atoms with Crippen LogP contribution in [0.15, 0.2) is 12.4 Å². The molecule has 4 aromatic heterocycles. The number of aromatic nitrogens is 6. The molecular formula is C39H58N10O4. The molecule has 288 valence electrons. The Morgan fingerprint density at radius 2 is 1.09 bits per heavy atom. The number of pyridine rings is 2. The van der Waals surface area contributed by atoms with Crippen LogP contribution in [-0.4, -0.2) is 79.9 Å². The molecule has 0 bridgehead atoms. The molecule has 4 aromatic rings. The van der Waals surface area contributed by atoms with Gasteiger partial charge in [-0.1, -0.05) is 27.7 Å². The molecule has 2 amide bonds. The van der Waals surface area contributed by atoms with Crippen LogP contribution >= 0.6 is 0 Å². The van der Waals surface area contributed by atoms with Crippen molar-refractivity contribution in [2.75, 3.05) is 37.1 Å². The third-order valence-corrected chi connectivity index (χ3v) is 10.6. The lowest BCUT2D eigenvalue weighted by Crippen LogP contribution is -2.34. The topological polar surface area (TPSA) is 162 Å². The van der Waals surface area contributed by atoms with Crippen LogP contribution in [0, 0.1) is 5.41 Å². The quantitative estimate of drug-likeness (QED) is 0.120. The summed E-state index contributed by atoms with van der Waals surface area (Å²) in [5.74, 6) is -0.213. The summed E-state index contributed by atoms with van der Waals surface area (Å²) in [6.45, 7) is 17.2. The van der Waals surface area contributed by atoms with E-state index in [1.165, 1.54) is 0 Å². The highest BCUT2D eigenvalue weighted by atomic mass is 16.5. The van der Waals surface area contributed by atoms with E-state index in [0.717, 1.165) is 134 Å². The van der Waals surface area contributed by atoms with Crippen LogP contribution in [0.25, 0.3) is 22.1 Å². The molecule has 0 radical (unpaired) electrons. The first-order valence-electron chi connectivity index (χ1n) is 19.6. The lowest BCUT2D eigenvalue weighted by molar-refractivity contribution is -0.126. The van der Waals surface area contributed by atoms with Crippen LogP contribution in [-0.2, 0) is 58.1 Å². The number of ether oxygens (including phenoxy) is 2. The van der Waals surface area contributed by atoms with Crippen molar-refractivity contribution in [3.8, 4) is 0 Å². The van der Waals surface area contributed by atoms with Gasteiger partial charge in [0.15, 0.2) is 11.3 Å². The van der Waals surface area contributed by atoms with Crippen molar-refractivity contribution in [1.82, 2.24) is 40.2 Å². The number of fused-ring (bicyclic) bond motifs is 2. The second kappa shape index (κ2) is 17.2. The number of nitrogens with one attached hydrogen (secondary N) is 4. The molecule has 14 heteroatoms. The summed E-state index contributed by atoms with van der Waals surface area (Å²) in [7, 11) is 0. The maximum absolute atomic E-state index is 13.5. The minimum absolute atomic E-state index is 0.106. The molecule has 14 nitrogen and oxygen atoms in total.